The van der Waals surface area contributed by atoms with Crippen molar-refractivity contribution in [3.63, 3.8) is 0 Å². The molecule has 2 rings (SSSR count). The maximum Gasteiger partial charge on any atom is 0.268 e. The van der Waals surface area contributed by atoms with Crippen molar-refractivity contribution in [1.29, 1.82) is 0 Å². The minimum Gasteiger partial charge on any atom is -0.297 e. The number of aryl methyl sites for hydroxylation is 1. The molecule has 5 heteroatoms. The number of Topliss-reactive ketones (excluding diaryl/α,β-unsaturated/α-hetero) is 1. The zero-order chi connectivity index (χ0) is 13.8. The van der Waals surface area contributed by atoms with E-state index in [1.807, 2.05) is 30.3 Å². The molecule has 0 aliphatic heterocycles. The van der Waals surface area contributed by atoms with Gasteiger partial charge < -0.3 is 0 Å². The van der Waals surface area contributed by atoms with E-state index in [1.54, 1.807) is 6.92 Å². The van der Waals surface area contributed by atoms with E-state index in [0.717, 1.165) is 5.56 Å². The molecule has 2 aromatic rings. The van der Waals surface area contributed by atoms with Gasteiger partial charge in [-0.2, -0.15) is 0 Å². The van der Waals surface area contributed by atoms with Crippen molar-refractivity contribution in [3.05, 3.63) is 62.7 Å². The Labute approximate surface area is 119 Å². The first-order valence-electron chi connectivity index (χ1n) is 5.85. The highest BCUT2D eigenvalue weighted by atomic mass is 79.9. The van der Waals surface area contributed by atoms with Crippen LogP contribution in [0.2, 0.25) is 0 Å². The van der Waals surface area contributed by atoms with Gasteiger partial charge >= 0.3 is 0 Å². The number of aromatic nitrogens is 2. The van der Waals surface area contributed by atoms with Gasteiger partial charge in [0.05, 0.1) is 6.54 Å². The largest absolute Gasteiger partial charge is 0.297 e. The lowest BCUT2D eigenvalue weighted by atomic mass is 10.1. The van der Waals surface area contributed by atoms with Crippen molar-refractivity contribution in [3.8, 4) is 0 Å². The second-order valence-electron chi connectivity index (χ2n) is 4.25. The standard InChI is InChI=1S/C14H13BrN2O2/c1-10-16-8-13(15)14(19)17(10)9-12(18)7-11-5-3-2-4-6-11/h2-6,8H,7,9H2,1H3. The molecule has 1 aromatic carbocycles. The van der Waals surface area contributed by atoms with Crippen LogP contribution in [0, 0.1) is 6.92 Å². The van der Waals surface area contributed by atoms with Gasteiger partial charge in [-0.1, -0.05) is 30.3 Å². The van der Waals surface area contributed by atoms with Crippen molar-refractivity contribution in [2.24, 2.45) is 0 Å². The summed E-state index contributed by atoms with van der Waals surface area (Å²) >= 11 is 3.13. The number of nitrogens with zero attached hydrogens (tertiary/aromatic N) is 2. The van der Waals surface area contributed by atoms with E-state index in [4.69, 9.17) is 0 Å². The topological polar surface area (TPSA) is 52.0 Å². The molecule has 0 N–H and O–H groups in total. The average Bonchev–Trinajstić information content (AvgIpc) is 2.40. The Hall–Kier alpha value is -1.75. The van der Waals surface area contributed by atoms with Crippen LogP contribution in [0.15, 0.2) is 45.8 Å². The number of hydrogen-bond acceptors (Lipinski definition) is 3. The van der Waals surface area contributed by atoms with Crippen LogP contribution in [0.5, 0.6) is 0 Å². The quantitative estimate of drug-likeness (QED) is 0.867. The van der Waals surface area contributed by atoms with Crippen LogP contribution in [0.1, 0.15) is 11.4 Å². The van der Waals surface area contributed by atoms with Crippen molar-refractivity contribution in [1.82, 2.24) is 9.55 Å². The van der Waals surface area contributed by atoms with Gasteiger partial charge in [-0.25, -0.2) is 4.98 Å². The number of carbonyl (C=O) groups is 1. The van der Waals surface area contributed by atoms with Gasteiger partial charge in [0.25, 0.3) is 5.56 Å². The highest BCUT2D eigenvalue weighted by molar-refractivity contribution is 9.10. The van der Waals surface area contributed by atoms with E-state index in [1.165, 1.54) is 10.8 Å². The SMILES string of the molecule is Cc1ncc(Br)c(=O)n1CC(=O)Cc1ccccc1. The molecule has 98 valence electrons. The van der Waals surface area contributed by atoms with Crippen molar-refractivity contribution < 1.29 is 4.79 Å². The third-order valence-electron chi connectivity index (χ3n) is 2.78. The summed E-state index contributed by atoms with van der Waals surface area (Å²) in [6, 6.07) is 9.47. The number of halogens is 1. The van der Waals surface area contributed by atoms with E-state index in [2.05, 4.69) is 20.9 Å². The Morgan fingerprint density at radius 1 is 1.32 bits per heavy atom. The molecular weight excluding hydrogens is 308 g/mol. The first kappa shape index (κ1) is 13.7. The summed E-state index contributed by atoms with van der Waals surface area (Å²) in [6.07, 6.45) is 1.77. The Bertz CT molecular complexity index is 650. The molecule has 0 fully saturated rings. The minimum absolute atomic E-state index is 0.0173. The van der Waals surface area contributed by atoms with Gasteiger partial charge in [0.1, 0.15) is 10.3 Å². The monoisotopic (exact) mass is 320 g/mol. The number of carbonyl (C=O) groups excluding carboxylic acids is 1. The van der Waals surface area contributed by atoms with Crippen molar-refractivity contribution in [2.75, 3.05) is 0 Å². The van der Waals surface area contributed by atoms with Crippen LogP contribution in [-0.4, -0.2) is 15.3 Å². The third-order valence-corrected chi connectivity index (χ3v) is 3.33. The highest BCUT2D eigenvalue weighted by Gasteiger charge is 2.10. The van der Waals surface area contributed by atoms with E-state index in [0.29, 0.717) is 16.7 Å². The molecule has 0 atom stereocenters. The van der Waals surface area contributed by atoms with Gasteiger partial charge in [0.15, 0.2) is 5.78 Å². The summed E-state index contributed by atoms with van der Waals surface area (Å²) in [4.78, 5) is 28.0. The molecule has 0 saturated heterocycles. The first-order chi connectivity index (χ1) is 9.08. The Balaban J connectivity index is 2.16. The molecular formula is C14H13BrN2O2. The van der Waals surface area contributed by atoms with E-state index >= 15 is 0 Å². The summed E-state index contributed by atoms with van der Waals surface area (Å²) in [5, 5.41) is 0. The van der Waals surface area contributed by atoms with Crippen LogP contribution >= 0.6 is 15.9 Å². The molecule has 0 aliphatic carbocycles. The maximum atomic E-state index is 12.0. The van der Waals surface area contributed by atoms with E-state index in [-0.39, 0.29) is 17.9 Å². The molecule has 0 aliphatic rings. The van der Waals surface area contributed by atoms with Crippen molar-refractivity contribution in [2.45, 2.75) is 19.9 Å². The number of benzene rings is 1. The second-order valence-corrected chi connectivity index (χ2v) is 5.10. The molecule has 0 saturated carbocycles. The summed E-state index contributed by atoms with van der Waals surface area (Å²) in [5.41, 5.74) is 0.718. The summed E-state index contributed by atoms with van der Waals surface area (Å²) in [5.74, 6) is 0.519. The Morgan fingerprint density at radius 3 is 2.68 bits per heavy atom. The normalized spacial score (nSPS) is 10.4. The van der Waals surface area contributed by atoms with Crippen molar-refractivity contribution >= 4 is 21.7 Å². The molecule has 0 spiro atoms. The smallest absolute Gasteiger partial charge is 0.268 e. The van der Waals surface area contributed by atoms with Crippen LogP contribution in [0.4, 0.5) is 0 Å². The third kappa shape index (κ3) is 3.38. The summed E-state index contributed by atoms with van der Waals surface area (Å²) in [6.45, 7) is 1.76. The fourth-order valence-electron chi connectivity index (χ4n) is 1.79. The molecule has 1 heterocycles. The van der Waals surface area contributed by atoms with Gasteiger partial charge in [-0.15, -0.1) is 0 Å². The van der Waals surface area contributed by atoms with Gasteiger partial charge in [-0.3, -0.25) is 14.2 Å². The van der Waals surface area contributed by atoms with E-state index in [9.17, 15) is 9.59 Å². The number of ketones is 1. The predicted octanol–water partition coefficient (Wildman–Crippen LogP) is 2.13. The fourth-order valence-corrected chi connectivity index (χ4v) is 2.11. The molecule has 0 amide bonds. The predicted molar refractivity (Wildman–Crippen MR) is 76.1 cm³/mol. The lowest BCUT2D eigenvalue weighted by molar-refractivity contribution is -0.119. The maximum absolute atomic E-state index is 12.0. The average molecular weight is 321 g/mol. The Kier molecular flexibility index (Phi) is 4.27. The molecule has 0 bridgehead atoms. The Morgan fingerprint density at radius 2 is 2.00 bits per heavy atom. The number of hydrogen-bond donors (Lipinski definition) is 0. The van der Waals surface area contributed by atoms with Crippen LogP contribution < -0.4 is 5.56 Å². The zero-order valence-electron chi connectivity index (χ0n) is 10.5. The van der Waals surface area contributed by atoms with Gasteiger partial charge in [0, 0.05) is 12.6 Å². The highest BCUT2D eigenvalue weighted by Crippen LogP contribution is 2.04. The molecule has 1 aromatic heterocycles. The second kappa shape index (κ2) is 5.93. The van der Waals surface area contributed by atoms with Crippen LogP contribution in [0.3, 0.4) is 0 Å². The first-order valence-corrected chi connectivity index (χ1v) is 6.65. The lowest BCUT2D eigenvalue weighted by Gasteiger charge is -2.08. The van der Waals surface area contributed by atoms with Crippen LogP contribution in [-0.2, 0) is 17.8 Å². The lowest BCUT2D eigenvalue weighted by Crippen LogP contribution is -2.28. The summed E-state index contributed by atoms with van der Waals surface area (Å²) < 4.78 is 1.75. The van der Waals surface area contributed by atoms with Gasteiger partial charge in [-0.05, 0) is 28.4 Å². The van der Waals surface area contributed by atoms with E-state index < -0.39 is 0 Å². The molecule has 4 nitrogen and oxygen atoms in total. The summed E-state index contributed by atoms with van der Waals surface area (Å²) in [7, 11) is 0. The molecule has 0 unspecified atom stereocenters. The number of rotatable bonds is 4. The molecule has 0 radical (unpaired) electrons. The fraction of sp³-hybridized carbons (Fsp3) is 0.214. The zero-order valence-corrected chi connectivity index (χ0v) is 12.1. The molecule has 19 heavy (non-hydrogen) atoms. The van der Waals surface area contributed by atoms with Crippen LogP contribution in [0.25, 0.3) is 0 Å². The van der Waals surface area contributed by atoms with Gasteiger partial charge in [0.2, 0.25) is 0 Å². The minimum atomic E-state index is -0.228.